The average Bonchev–Trinajstić information content (AvgIpc) is 3.03. The Morgan fingerprint density at radius 2 is 1.97 bits per heavy atom. The first-order chi connectivity index (χ1) is 16.0. The van der Waals surface area contributed by atoms with Gasteiger partial charge in [-0.3, -0.25) is 0 Å². The third kappa shape index (κ3) is 4.69. The van der Waals surface area contributed by atoms with Crippen LogP contribution in [-0.4, -0.2) is 75.0 Å². The van der Waals surface area contributed by atoms with Crippen LogP contribution in [0.2, 0.25) is 0 Å². The van der Waals surface area contributed by atoms with Gasteiger partial charge >= 0.3 is 6.03 Å². The van der Waals surface area contributed by atoms with Gasteiger partial charge in [0.15, 0.2) is 11.6 Å². The third-order valence-corrected chi connectivity index (χ3v) is 6.87. The lowest BCUT2D eigenvalue weighted by Crippen LogP contribution is -2.53. The smallest absolute Gasteiger partial charge is 0.320 e. The Hall–Kier alpha value is -2.86. The highest BCUT2D eigenvalue weighted by molar-refractivity contribution is 7.89. The summed E-state index contributed by atoms with van der Waals surface area (Å²) in [5.74, 6) is -4.22. The number of nitrogens with zero attached hydrogens (tertiary/aromatic N) is 2. The molecule has 34 heavy (non-hydrogen) atoms. The quantitative estimate of drug-likeness (QED) is 0.653. The van der Waals surface area contributed by atoms with Crippen molar-refractivity contribution in [1.29, 1.82) is 0 Å². The first kappa shape index (κ1) is 24.3. The maximum Gasteiger partial charge on any atom is 0.320 e. The summed E-state index contributed by atoms with van der Waals surface area (Å²) in [4.78, 5) is 15.1. The van der Waals surface area contributed by atoms with Crippen LogP contribution in [0.5, 0.6) is 5.75 Å². The molecule has 2 aromatic rings. The normalized spacial score (nSPS) is 22.7. The van der Waals surface area contributed by atoms with Gasteiger partial charge in [0.05, 0.1) is 19.1 Å². The molecule has 4 rings (SSSR count). The number of nitrogens with one attached hydrogen (secondary N) is 1. The Labute approximate surface area is 195 Å². The van der Waals surface area contributed by atoms with Crippen LogP contribution in [0.25, 0.3) is 11.1 Å². The number of halogens is 4. The van der Waals surface area contributed by atoms with Crippen molar-refractivity contribution >= 4 is 16.1 Å². The van der Waals surface area contributed by atoms with Crippen molar-refractivity contribution in [3.63, 3.8) is 0 Å². The first-order valence-corrected chi connectivity index (χ1v) is 12.1. The molecule has 0 aliphatic carbocycles. The number of alkyl halides is 3. The van der Waals surface area contributed by atoms with E-state index in [-0.39, 0.29) is 26.7 Å². The van der Waals surface area contributed by atoms with Gasteiger partial charge in [0, 0.05) is 14.0 Å². The second-order valence-electron chi connectivity index (χ2n) is 8.35. The van der Waals surface area contributed by atoms with E-state index in [1.54, 1.807) is 35.1 Å². The number of para-hydroxylation sites is 1. The monoisotopic (exact) mass is 503 g/mol. The molecule has 0 saturated carbocycles. The lowest BCUT2D eigenvalue weighted by molar-refractivity contribution is -0.00518. The van der Waals surface area contributed by atoms with Crippen LogP contribution in [0, 0.1) is 5.82 Å². The highest BCUT2D eigenvalue weighted by Gasteiger charge is 2.57. The number of benzene rings is 2. The number of carbonyl (C=O) groups excluding carboxylic acids is 1. The molecule has 2 bridgehead atoms. The largest absolute Gasteiger partial charge is 0.488 e. The highest BCUT2D eigenvalue weighted by Crippen LogP contribution is 2.37. The minimum absolute atomic E-state index is 0. The third-order valence-electron chi connectivity index (χ3n) is 5.97. The van der Waals surface area contributed by atoms with Crippen molar-refractivity contribution in [3.05, 3.63) is 53.8 Å². The Morgan fingerprint density at radius 3 is 2.71 bits per heavy atom. The van der Waals surface area contributed by atoms with E-state index in [2.05, 4.69) is 0 Å². The van der Waals surface area contributed by atoms with Crippen molar-refractivity contribution < 1.29 is 36.9 Å². The van der Waals surface area contributed by atoms with Crippen molar-refractivity contribution in [2.24, 2.45) is 0 Å². The summed E-state index contributed by atoms with van der Waals surface area (Å²) in [5.41, 5.74) is 1.50. The van der Waals surface area contributed by atoms with Crippen molar-refractivity contribution in [2.75, 3.05) is 32.8 Å². The summed E-state index contributed by atoms with van der Waals surface area (Å²) >= 11 is 0. The van der Waals surface area contributed by atoms with E-state index < -0.39 is 52.4 Å². The molecule has 0 unspecified atom stereocenters. The zero-order valence-electron chi connectivity index (χ0n) is 18.2. The molecule has 2 aromatic carbocycles. The summed E-state index contributed by atoms with van der Waals surface area (Å²) in [6.07, 6.45) is -0.145. The van der Waals surface area contributed by atoms with Gasteiger partial charge in [-0.1, -0.05) is 36.4 Å². The number of hydrogen-bond acceptors (Lipinski definition) is 4. The lowest BCUT2D eigenvalue weighted by Gasteiger charge is -2.31. The minimum Gasteiger partial charge on any atom is -0.488 e. The molecular weight excluding hydrogens is 478 g/mol. The molecule has 2 aliphatic rings. The highest BCUT2D eigenvalue weighted by atomic mass is 32.2. The van der Waals surface area contributed by atoms with Gasteiger partial charge in [-0.2, -0.15) is 0 Å². The molecule has 12 heteroatoms. The van der Waals surface area contributed by atoms with E-state index in [0.717, 1.165) is 9.80 Å². The minimum atomic E-state index is -4.64. The molecule has 186 valence electrons. The molecule has 0 radical (unpaired) electrons. The molecule has 0 spiro atoms. The summed E-state index contributed by atoms with van der Waals surface area (Å²) in [6.45, 7) is -1.20. The molecule has 0 aromatic heterocycles. The van der Waals surface area contributed by atoms with Gasteiger partial charge in [-0.25, -0.2) is 35.5 Å². The Balaban J connectivity index is 0.00000342. The van der Waals surface area contributed by atoms with E-state index in [9.17, 15) is 30.8 Å². The Kier molecular flexibility index (Phi) is 6.47. The van der Waals surface area contributed by atoms with Crippen molar-refractivity contribution in [3.8, 4) is 16.9 Å². The van der Waals surface area contributed by atoms with Crippen LogP contribution in [0.15, 0.2) is 42.5 Å². The number of likely N-dealkylation sites (N-methyl/N-ethyl adjacent to an activating group) is 1. The molecule has 2 amide bonds. The van der Waals surface area contributed by atoms with Gasteiger partial charge in [0.2, 0.25) is 16.0 Å². The standard InChI is InChI=1S/C22H23F4N3O4S.H2/c1-28-8-9-33-19-16(6-3-7-17(19)24)15-5-2-4-14(10-15)11-18-20(27-34(31,32)13-23)22(25,26)12-29(18)21(28)30;/h2-7,10,18,20,27H,8-9,11-13H2,1H3;1H/t18-,20+;/m0./s1. The van der Waals surface area contributed by atoms with Crippen molar-refractivity contribution in [2.45, 2.75) is 24.4 Å². The molecule has 2 atom stereocenters. The van der Waals surface area contributed by atoms with E-state index in [0.29, 0.717) is 16.7 Å². The van der Waals surface area contributed by atoms with E-state index in [1.165, 1.54) is 19.2 Å². The summed E-state index contributed by atoms with van der Waals surface area (Å²) in [5, 5.41) is 0. The van der Waals surface area contributed by atoms with Gasteiger partial charge in [-0.05, 0) is 23.6 Å². The molecule has 2 aliphatic heterocycles. The fourth-order valence-corrected chi connectivity index (χ4v) is 5.10. The van der Waals surface area contributed by atoms with Crippen LogP contribution in [0.4, 0.5) is 22.4 Å². The number of sulfonamides is 1. The fraction of sp³-hybridized carbons (Fsp3) is 0.409. The summed E-state index contributed by atoms with van der Waals surface area (Å²) < 4.78 is 88.5. The van der Waals surface area contributed by atoms with Gasteiger partial charge < -0.3 is 14.5 Å². The van der Waals surface area contributed by atoms with E-state index in [1.807, 2.05) is 0 Å². The molecule has 1 fully saturated rings. The van der Waals surface area contributed by atoms with E-state index in [4.69, 9.17) is 4.74 Å². The molecule has 1 N–H and O–H groups in total. The number of rotatable bonds is 3. The molecule has 1 saturated heterocycles. The number of carbonyl (C=O) groups is 1. The Bertz CT molecular complexity index is 1200. The first-order valence-electron chi connectivity index (χ1n) is 10.5. The summed E-state index contributed by atoms with van der Waals surface area (Å²) in [6, 6.07) is 5.06. The number of amides is 2. The van der Waals surface area contributed by atoms with Crippen LogP contribution in [-0.2, 0) is 16.4 Å². The predicted octanol–water partition coefficient (Wildman–Crippen LogP) is 3.26. The maximum absolute atomic E-state index is 15.0. The van der Waals surface area contributed by atoms with E-state index >= 15 is 0 Å². The predicted molar refractivity (Wildman–Crippen MR) is 118 cm³/mol. The maximum atomic E-state index is 15.0. The number of ether oxygens (including phenoxy) is 1. The second-order valence-corrected chi connectivity index (χ2v) is 10.0. The average molecular weight is 504 g/mol. The topological polar surface area (TPSA) is 79.0 Å². The zero-order chi connectivity index (χ0) is 24.7. The van der Waals surface area contributed by atoms with Crippen LogP contribution >= 0.6 is 0 Å². The molecular formula is C22H25F4N3O4S. The SMILES string of the molecule is CN1CCOc2c(F)cccc2-c2cccc(c2)C[C@H]2[C@@H](NS(=O)(=O)CF)C(F)(F)CN2C1=O.[HH]. The van der Waals surface area contributed by atoms with Crippen LogP contribution in [0.1, 0.15) is 6.99 Å². The zero-order valence-corrected chi connectivity index (χ0v) is 19.0. The second kappa shape index (κ2) is 9.06. The fourth-order valence-electron chi connectivity index (χ4n) is 4.32. The molecule has 7 nitrogen and oxygen atoms in total. The number of hydrogen-bond donors (Lipinski definition) is 1. The van der Waals surface area contributed by atoms with Gasteiger partial charge in [-0.15, -0.1) is 0 Å². The van der Waals surface area contributed by atoms with Crippen LogP contribution in [0.3, 0.4) is 0 Å². The lowest BCUT2D eigenvalue weighted by atomic mass is 9.96. The van der Waals surface area contributed by atoms with Crippen LogP contribution < -0.4 is 9.46 Å². The Morgan fingerprint density at radius 1 is 1.24 bits per heavy atom. The number of fused-ring (bicyclic) bond motifs is 5. The number of urea groups is 1. The van der Waals surface area contributed by atoms with Gasteiger partial charge in [0.25, 0.3) is 5.92 Å². The summed E-state index contributed by atoms with van der Waals surface area (Å²) in [7, 11) is -3.26. The van der Waals surface area contributed by atoms with Crippen molar-refractivity contribution in [1.82, 2.24) is 14.5 Å². The molecule has 2 heterocycles. The van der Waals surface area contributed by atoms with Gasteiger partial charge in [0.1, 0.15) is 12.6 Å².